The van der Waals surface area contributed by atoms with Crippen molar-refractivity contribution in [1.29, 1.82) is 5.26 Å². The van der Waals surface area contributed by atoms with Crippen LogP contribution in [0, 0.1) is 17.2 Å². The molecule has 0 radical (unpaired) electrons. The van der Waals surface area contributed by atoms with Gasteiger partial charge in [0.15, 0.2) is 0 Å². The third-order valence-electron chi connectivity index (χ3n) is 4.51. The molecule has 0 bridgehead atoms. The summed E-state index contributed by atoms with van der Waals surface area (Å²) >= 11 is 0. The lowest BCUT2D eigenvalue weighted by molar-refractivity contribution is 0.156. The first-order chi connectivity index (χ1) is 10.2. The lowest BCUT2D eigenvalue weighted by Crippen LogP contribution is -2.36. The van der Waals surface area contributed by atoms with Gasteiger partial charge in [0.25, 0.3) is 0 Å². The maximum Gasteiger partial charge on any atom is 0.123 e. The van der Waals surface area contributed by atoms with Gasteiger partial charge < -0.3 is 4.90 Å². The molecule has 1 heterocycles. The van der Waals surface area contributed by atoms with Crippen LogP contribution in [-0.2, 0) is 0 Å². The minimum Gasteiger partial charge on any atom is -0.372 e. The van der Waals surface area contributed by atoms with Crippen molar-refractivity contribution in [3.63, 3.8) is 0 Å². The van der Waals surface area contributed by atoms with Gasteiger partial charge in [0.2, 0.25) is 0 Å². The molecule has 1 aromatic carbocycles. The van der Waals surface area contributed by atoms with Gasteiger partial charge in [-0.2, -0.15) is 5.26 Å². The molecule has 1 aliphatic heterocycles. The molecule has 1 fully saturated rings. The molecule has 2 atom stereocenters. The smallest absolute Gasteiger partial charge is 0.123 e. The van der Waals surface area contributed by atoms with E-state index in [0.717, 1.165) is 31.7 Å². The van der Waals surface area contributed by atoms with Crippen LogP contribution in [0.2, 0.25) is 0 Å². The minimum absolute atomic E-state index is 0.0986. The predicted octanol–water partition coefficient (Wildman–Crippen LogP) is 3.83. The lowest BCUT2D eigenvalue weighted by atomic mass is 9.96. The van der Waals surface area contributed by atoms with Gasteiger partial charge in [-0.3, -0.25) is 4.90 Å². The Morgan fingerprint density at radius 3 is 2.48 bits per heavy atom. The fourth-order valence-electron chi connectivity index (χ4n) is 3.28. The Labute approximate surface area is 129 Å². The van der Waals surface area contributed by atoms with Crippen LogP contribution in [0.3, 0.4) is 0 Å². The van der Waals surface area contributed by atoms with E-state index in [9.17, 15) is 5.26 Å². The molecule has 3 heteroatoms. The highest BCUT2D eigenvalue weighted by molar-refractivity contribution is 5.48. The fraction of sp³-hybridized carbons (Fsp3) is 0.611. The van der Waals surface area contributed by atoms with Crippen LogP contribution in [0.15, 0.2) is 24.3 Å². The minimum atomic E-state index is -0.0986. The normalized spacial score (nSPS) is 20.8. The number of benzene rings is 1. The highest BCUT2D eigenvalue weighted by atomic mass is 15.2. The second-order valence-electron chi connectivity index (χ2n) is 6.04. The van der Waals surface area contributed by atoms with E-state index in [-0.39, 0.29) is 6.04 Å². The summed E-state index contributed by atoms with van der Waals surface area (Å²) in [6.07, 6.45) is 2.49. The first-order valence-corrected chi connectivity index (χ1v) is 8.18. The number of nitriles is 1. The predicted molar refractivity (Wildman–Crippen MR) is 88.3 cm³/mol. The molecule has 0 aliphatic carbocycles. The average Bonchev–Trinajstić information content (AvgIpc) is 2.51. The third-order valence-corrected chi connectivity index (χ3v) is 4.51. The van der Waals surface area contributed by atoms with Crippen molar-refractivity contribution >= 4 is 5.69 Å². The van der Waals surface area contributed by atoms with Gasteiger partial charge in [0.05, 0.1) is 6.07 Å². The van der Waals surface area contributed by atoms with Crippen molar-refractivity contribution in [2.45, 2.75) is 39.7 Å². The maximum atomic E-state index is 9.59. The maximum absolute atomic E-state index is 9.59. The van der Waals surface area contributed by atoms with Gasteiger partial charge in [0, 0.05) is 25.3 Å². The zero-order valence-corrected chi connectivity index (χ0v) is 13.5. The monoisotopic (exact) mass is 285 g/mol. The van der Waals surface area contributed by atoms with Gasteiger partial charge in [-0.25, -0.2) is 0 Å². The standard InChI is InChI=1S/C18H27N3/c1-4-20(5-2)17-10-8-16(9-11-17)18(13-19)21-12-6-7-15(3)14-21/h8-11,15,18H,4-7,12,14H2,1-3H3. The molecule has 1 aliphatic rings. The summed E-state index contributed by atoms with van der Waals surface area (Å²) in [6, 6.07) is 11.0. The molecule has 2 unspecified atom stereocenters. The highest BCUT2D eigenvalue weighted by Gasteiger charge is 2.24. The Balaban J connectivity index is 2.13. The van der Waals surface area contributed by atoms with Gasteiger partial charge >= 0.3 is 0 Å². The molecule has 0 spiro atoms. The molecule has 1 saturated heterocycles. The molecular formula is C18H27N3. The zero-order chi connectivity index (χ0) is 15.2. The Kier molecular flexibility index (Phi) is 5.64. The van der Waals surface area contributed by atoms with Gasteiger partial charge in [-0.15, -0.1) is 0 Å². The van der Waals surface area contributed by atoms with Crippen molar-refractivity contribution in [3.05, 3.63) is 29.8 Å². The summed E-state index contributed by atoms with van der Waals surface area (Å²) in [4.78, 5) is 4.66. The Hall–Kier alpha value is -1.53. The van der Waals surface area contributed by atoms with E-state index >= 15 is 0 Å². The number of hydrogen-bond acceptors (Lipinski definition) is 3. The Morgan fingerprint density at radius 1 is 1.29 bits per heavy atom. The zero-order valence-electron chi connectivity index (χ0n) is 13.5. The summed E-state index contributed by atoms with van der Waals surface area (Å²) in [6.45, 7) is 10.7. The lowest BCUT2D eigenvalue weighted by Gasteiger charge is -2.34. The van der Waals surface area contributed by atoms with Crippen molar-refractivity contribution < 1.29 is 0 Å². The second kappa shape index (κ2) is 7.47. The van der Waals surface area contributed by atoms with E-state index in [0.29, 0.717) is 5.92 Å². The Morgan fingerprint density at radius 2 is 1.95 bits per heavy atom. The van der Waals surface area contributed by atoms with Crippen molar-refractivity contribution in [1.82, 2.24) is 4.90 Å². The second-order valence-corrected chi connectivity index (χ2v) is 6.04. The summed E-state index contributed by atoms with van der Waals surface area (Å²) in [5.41, 5.74) is 2.37. The third kappa shape index (κ3) is 3.77. The van der Waals surface area contributed by atoms with Crippen LogP contribution in [0.25, 0.3) is 0 Å². The topological polar surface area (TPSA) is 30.3 Å². The van der Waals surface area contributed by atoms with Crippen LogP contribution < -0.4 is 4.90 Å². The largest absolute Gasteiger partial charge is 0.372 e. The number of piperidine rings is 1. The number of likely N-dealkylation sites (tertiary alicyclic amines) is 1. The Bertz CT molecular complexity index is 470. The molecule has 1 aromatic rings. The summed E-state index contributed by atoms with van der Waals surface area (Å²) in [5.74, 6) is 0.699. The molecule has 21 heavy (non-hydrogen) atoms. The first kappa shape index (κ1) is 15.9. The number of hydrogen-bond donors (Lipinski definition) is 0. The molecule has 0 N–H and O–H groups in total. The number of rotatable bonds is 5. The van der Waals surface area contributed by atoms with Crippen LogP contribution in [0.5, 0.6) is 0 Å². The van der Waals surface area contributed by atoms with Gasteiger partial charge in [0.1, 0.15) is 6.04 Å². The van der Waals surface area contributed by atoms with Crippen LogP contribution in [0.1, 0.15) is 45.2 Å². The molecular weight excluding hydrogens is 258 g/mol. The summed E-state index contributed by atoms with van der Waals surface area (Å²) in [7, 11) is 0. The fourth-order valence-corrected chi connectivity index (χ4v) is 3.28. The number of nitrogens with zero attached hydrogens (tertiary/aromatic N) is 3. The van der Waals surface area contributed by atoms with Gasteiger partial charge in [-0.05, 0) is 56.8 Å². The van der Waals surface area contributed by atoms with E-state index in [1.165, 1.54) is 18.5 Å². The van der Waals surface area contributed by atoms with E-state index in [2.05, 4.69) is 60.9 Å². The van der Waals surface area contributed by atoms with Crippen molar-refractivity contribution in [3.8, 4) is 6.07 Å². The van der Waals surface area contributed by atoms with Crippen molar-refractivity contribution in [2.24, 2.45) is 5.92 Å². The van der Waals surface area contributed by atoms with Gasteiger partial charge in [-0.1, -0.05) is 19.1 Å². The van der Waals surface area contributed by atoms with E-state index < -0.39 is 0 Å². The molecule has 0 amide bonds. The number of anilines is 1. The first-order valence-electron chi connectivity index (χ1n) is 8.18. The average molecular weight is 285 g/mol. The molecule has 2 rings (SSSR count). The van der Waals surface area contributed by atoms with E-state index in [4.69, 9.17) is 0 Å². The molecule has 0 saturated carbocycles. The molecule has 114 valence electrons. The van der Waals surface area contributed by atoms with Crippen LogP contribution in [-0.4, -0.2) is 31.1 Å². The summed E-state index contributed by atoms with van der Waals surface area (Å²) < 4.78 is 0. The van der Waals surface area contributed by atoms with E-state index in [1.54, 1.807) is 0 Å². The summed E-state index contributed by atoms with van der Waals surface area (Å²) in [5, 5.41) is 9.59. The van der Waals surface area contributed by atoms with Crippen LogP contribution >= 0.6 is 0 Å². The van der Waals surface area contributed by atoms with Crippen molar-refractivity contribution in [2.75, 3.05) is 31.1 Å². The quantitative estimate of drug-likeness (QED) is 0.823. The molecule has 3 nitrogen and oxygen atoms in total. The van der Waals surface area contributed by atoms with E-state index in [1.807, 2.05) is 0 Å². The SMILES string of the molecule is CCN(CC)c1ccc(C(C#N)N2CCCC(C)C2)cc1. The van der Waals surface area contributed by atoms with Crippen LogP contribution in [0.4, 0.5) is 5.69 Å². The highest BCUT2D eigenvalue weighted by Crippen LogP contribution is 2.27. The molecule has 0 aromatic heterocycles.